The Hall–Kier alpha value is -0.870. The molecule has 0 bridgehead atoms. The van der Waals surface area contributed by atoms with Crippen LogP contribution in [0.3, 0.4) is 0 Å². The van der Waals surface area contributed by atoms with E-state index in [0.29, 0.717) is 6.42 Å². The number of rotatable bonds is 26. The average molecular weight is 482 g/mol. The van der Waals surface area contributed by atoms with Gasteiger partial charge in [0.2, 0.25) is 5.91 Å². The summed E-state index contributed by atoms with van der Waals surface area (Å²) in [5, 5.41) is 22.7. The molecule has 0 heterocycles. The van der Waals surface area contributed by atoms with Gasteiger partial charge in [-0.1, -0.05) is 142 Å². The predicted molar refractivity (Wildman–Crippen MR) is 147 cm³/mol. The zero-order chi connectivity index (χ0) is 25.1. The molecule has 0 aromatic heterocycles. The maximum atomic E-state index is 12.2. The first-order valence-electron chi connectivity index (χ1n) is 14.9. The Bertz CT molecular complexity index is 452. The van der Waals surface area contributed by atoms with E-state index in [0.717, 1.165) is 25.7 Å². The average Bonchev–Trinajstić information content (AvgIpc) is 2.84. The number of unbranched alkanes of at least 4 members (excludes halogenated alkanes) is 19. The molecule has 34 heavy (non-hydrogen) atoms. The number of nitrogens with one attached hydrogen (secondary N) is 1. The summed E-state index contributed by atoms with van der Waals surface area (Å²) < 4.78 is 0. The molecule has 0 aliphatic carbocycles. The quantitative estimate of drug-likeness (QED) is 0.0865. The fourth-order valence-corrected chi connectivity index (χ4v) is 4.41. The fraction of sp³-hybridized carbons (Fsp3) is 0.900. The Morgan fingerprint density at radius 1 is 0.676 bits per heavy atom. The summed E-state index contributed by atoms with van der Waals surface area (Å²) in [6.45, 7) is 4.26. The van der Waals surface area contributed by atoms with Crippen LogP contribution in [0.2, 0.25) is 0 Å². The zero-order valence-corrected chi connectivity index (χ0v) is 22.9. The van der Waals surface area contributed by atoms with Gasteiger partial charge in [-0.3, -0.25) is 4.79 Å². The normalized spacial score (nSPS) is 13.4. The number of carbonyl (C=O) groups excluding carboxylic acids is 1. The second kappa shape index (κ2) is 26.7. The molecule has 0 radical (unpaired) electrons. The molecule has 0 aliphatic rings. The molecule has 1 amide bonds. The second-order valence-electron chi connectivity index (χ2n) is 10.2. The Morgan fingerprint density at radius 2 is 1.09 bits per heavy atom. The second-order valence-corrected chi connectivity index (χ2v) is 10.2. The smallest absolute Gasteiger partial charge is 0.220 e. The standard InChI is InChI=1S/C30H59NO3/c1-3-5-7-9-11-13-15-16-17-19-21-23-25-29(33)28(27-32)31-30(34)26-24-22-20-18-14-12-10-8-6-4-2/h23,25,28-29,32-33H,3-22,24,26-27H2,1-2H3,(H,31,34)/b25-23+. The van der Waals surface area contributed by atoms with E-state index in [2.05, 4.69) is 19.2 Å². The van der Waals surface area contributed by atoms with Gasteiger partial charge in [-0.15, -0.1) is 0 Å². The van der Waals surface area contributed by atoms with Crippen molar-refractivity contribution in [1.82, 2.24) is 5.32 Å². The minimum Gasteiger partial charge on any atom is -0.394 e. The molecule has 4 heteroatoms. The Labute approximate surface area is 212 Å². The summed E-state index contributed by atoms with van der Waals surface area (Å²) in [6, 6.07) is -0.612. The molecule has 0 aromatic carbocycles. The highest BCUT2D eigenvalue weighted by molar-refractivity contribution is 5.76. The van der Waals surface area contributed by atoms with Crippen LogP contribution in [0.5, 0.6) is 0 Å². The maximum Gasteiger partial charge on any atom is 0.220 e. The third kappa shape index (κ3) is 22.9. The molecular formula is C30H59NO3. The molecule has 0 saturated heterocycles. The van der Waals surface area contributed by atoms with Crippen LogP contribution in [-0.2, 0) is 4.79 Å². The van der Waals surface area contributed by atoms with Gasteiger partial charge in [-0.05, 0) is 19.3 Å². The van der Waals surface area contributed by atoms with Crippen molar-refractivity contribution in [3.63, 3.8) is 0 Å². The molecule has 0 rings (SSSR count). The van der Waals surface area contributed by atoms with Gasteiger partial charge >= 0.3 is 0 Å². The van der Waals surface area contributed by atoms with Crippen LogP contribution in [0.25, 0.3) is 0 Å². The van der Waals surface area contributed by atoms with Gasteiger partial charge in [0.15, 0.2) is 0 Å². The van der Waals surface area contributed by atoms with Gasteiger partial charge < -0.3 is 15.5 Å². The van der Waals surface area contributed by atoms with Crippen LogP contribution >= 0.6 is 0 Å². The lowest BCUT2D eigenvalue weighted by atomic mass is 10.0. The monoisotopic (exact) mass is 481 g/mol. The third-order valence-electron chi connectivity index (χ3n) is 6.77. The lowest BCUT2D eigenvalue weighted by Gasteiger charge is -2.20. The van der Waals surface area contributed by atoms with E-state index >= 15 is 0 Å². The number of hydrogen-bond donors (Lipinski definition) is 3. The third-order valence-corrected chi connectivity index (χ3v) is 6.77. The molecule has 0 fully saturated rings. The SMILES string of the molecule is CCCCCCCCCCCC/C=C/C(O)C(CO)NC(=O)CCCCCCCCCCCC. The summed E-state index contributed by atoms with van der Waals surface area (Å²) >= 11 is 0. The lowest BCUT2D eigenvalue weighted by Crippen LogP contribution is -2.45. The molecule has 2 atom stereocenters. The summed E-state index contributed by atoms with van der Waals surface area (Å²) in [7, 11) is 0. The van der Waals surface area contributed by atoms with Crippen molar-refractivity contribution in [3.8, 4) is 0 Å². The number of amides is 1. The molecule has 3 N–H and O–H groups in total. The molecule has 0 saturated carbocycles. The van der Waals surface area contributed by atoms with Gasteiger partial charge in [0.25, 0.3) is 0 Å². The summed E-state index contributed by atoms with van der Waals surface area (Å²) in [5.41, 5.74) is 0. The molecule has 202 valence electrons. The summed E-state index contributed by atoms with van der Waals surface area (Å²) in [4.78, 5) is 12.2. The van der Waals surface area contributed by atoms with Crippen molar-refractivity contribution < 1.29 is 15.0 Å². The number of aliphatic hydroxyl groups excluding tert-OH is 2. The van der Waals surface area contributed by atoms with Gasteiger partial charge in [0.1, 0.15) is 0 Å². The van der Waals surface area contributed by atoms with Gasteiger partial charge in [-0.25, -0.2) is 0 Å². The van der Waals surface area contributed by atoms with Crippen LogP contribution in [0.4, 0.5) is 0 Å². The number of hydrogen-bond acceptors (Lipinski definition) is 3. The van der Waals surface area contributed by atoms with Crippen molar-refractivity contribution >= 4 is 5.91 Å². The molecule has 0 aliphatic heterocycles. The summed E-state index contributed by atoms with van der Waals surface area (Å²) in [5.74, 6) is -0.0687. The van der Waals surface area contributed by atoms with Crippen molar-refractivity contribution in [2.24, 2.45) is 0 Å². The van der Waals surface area contributed by atoms with Crippen LogP contribution < -0.4 is 5.32 Å². The van der Waals surface area contributed by atoms with E-state index in [4.69, 9.17) is 0 Å². The lowest BCUT2D eigenvalue weighted by molar-refractivity contribution is -0.123. The van der Waals surface area contributed by atoms with Gasteiger partial charge in [0.05, 0.1) is 18.8 Å². The van der Waals surface area contributed by atoms with Crippen LogP contribution in [0.1, 0.15) is 155 Å². The molecular weight excluding hydrogens is 422 g/mol. The van der Waals surface area contributed by atoms with Crippen molar-refractivity contribution in [2.45, 2.75) is 167 Å². The number of aliphatic hydroxyl groups is 2. The predicted octanol–water partition coefficient (Wildman–Crippen LogP) is 8.00. The van der Waals surface area contributed by atoms with Crippen molar-refractivity contribution in [1.29, 1.82) is 0 Å². The Morgan fingerprint density at radius 3 is 1.53 bits per heavy atom. The topological polar surface area (TPSA) is 69.6 Å². The highest BCUT2D eigenvalue weighted by Crippen LogP contribution is 2.13. The van der Waals surface area contributed by atoms with Crippen LogP contribution in [0.15, 0.2) is 12.2 Å². The minimum atomic E-state index is -0.829. The Kier molecular flexibility index (Phi) is 26.0. The largest absolute Gasteiger partial charge is 0.394 e. The van der Waals surface area contributed by atoms with E-state index in [9.17, 15) is 15.0 Å². The molecule has 4 nitrogen and oxygen atoms in total. The van der Waals surface area contributed by atoms with Crippen LogP contribution in [-0.4, -0.2) is 34.9 Å². The zero-order valence-electron chi connectivity index (χ0n) is 22.9. The first-order chi connectivity index (χ1) is 16.7. The van der Waals surface area contributed by atoms with E-state index in [1.807, 2.05) is 6.08 Å². The van der Waals surface area contributed by atoms with E-state index in [1.54, 1.807) is 6.08 Å². The van der Waals surface area contributed by atoms with Gasteiger partial charge in [0, 0.05) is 6.42 Å². The number of carbonyl (C=O) groups is 1. The highest BCUT2D eigenvalue weighted by Gasteiger charge is 2.17. The van der Waals surface area contributed by atoms with E-state index in [-0.39, 0.29) is 12.5 Å². The Balaban J connectivity index is 3.69. The van der Waals surface area contributed by atoms with Crippen molar-refractivity contribution in [2.75, 3.05) is 6.61 Å². The van der Waals surface area contributed by atoms with Crippen molar-refractivity contribution in [3.05, 3.63) is 12.2 Å². The van der Waals surface area contributed by atoms with E-state index in [1.165, 1.54) is 109 Å². The maximum absolute atomic E-state index is 12.2. The molecule has 0 spiro atoms. The first-order valence-corrected chi connectivity index (χ1v) is 14.9. The summed E-state index contributed by atoms with van der Waals surface area (Å²) in [6.07, 6.45) is 29.9. The minimum absolute atomic E-state index is 0.0687. The fourth-order valence-electron chi connectivity index (χ4n) is 4.41. The highest BCUT2D eigenvalue weighted by atomic mass is 16.3. The number of allylic oxidation sites excluding steroid dienone is 1. The van der Waals surface area contributed by atoms with Crippen LogP contribution in [0, 0.1) is 0 Å². The van der Waals surface area contributed by atoms with Gasteiger partial charge in [-0.2, -0.15) is 0 Å². The molecule has 0 aromatic rings. The molecule has 2 unspecified atom stereocenters. The van der Waals surface area contributed by atoms with E-state index < -0.39 is 12.1 Å². The first kappa shape index (κ1) is 33.1.